The van der Waals surface area contributed by atoms with Crippen molar-refractivity contribution in [2.75, 3.05) is 27.2 Å². The molecule has 0 atom stereocenters. The highest BCUT2D eigenvalue weighted by atomic mass is 32.1. The third kappa shape index (κ3) is 5.49. The number of aromatic nitrogens is 1. The fraction of sp³-hybridized carbons (Fsp3) is 0.250. The van der Waals surface area contributed by atoms with Gasteiger partial charge in [-0.05, 0) is 38.4 Å². The number of hydrogen-bond donors (Lipinski definition) is 1. The van der Waals surface area contributed by atoms with E-state index in [-0.39, 0.29) is 23.8 Å². The summed E-state index contributed by atoms with van der Waals surface area (Å²) in [7, 11) is 3.85. The molecule has 152 valence electrons. The molecule has 0 unspecified atom stereocenters. The van der Waals surface area contributed by atoms with E-state index in [1.807, 2.05) is 19.0 Å². The first kappa shape index (κ1) is 20.7. The average molecular weight is 416 g/mol. The highest BCUT2D eigenvalue weighted by Gasteiger charge is 2.13. The van der Waals surface area contributed by atoms with E-state index in [1.165, 1.54) is 29.5 Å². The summed E-state index contributed by atoms with van der Waals surface area (Å²) in [4.78, 5) is 30.8. The molecule has 9 heteroatoms. The molecule has 0 saturated carbocycles. The summed E-state index contributed by atoms with van der Waals surface area (Å²) in [6, 6.07) is 9.03. The van der Waals surface area contributed by atoms with E-state index in [9.17, 15) is 14.0 Å². The van der Waals surface area contributed by atoms with Crippen molar-refractivity contribution < 1.29 is 18.4 Å². The van der Waals surface area contributed by atoms with Crippen LogP contribution in [0.3, 0.4) is 0 Å². The Bertz CT molecular complexity index is 1070. The third-order valence-electron chi connectivity index (χ3n) is 4.02. The lowest BCUT2D eigenvalue weighted by Crippen LogP contribution is -2.31. The molecule has 0 bridgehead atoms. The van der Waals surface area contributed by atoms with Gasteiger partial charge in [0, 0.05) is 24.7 Å². The maximum atomic E-state index is 13.8. The minimum atomic E-state index is -0.653. The standard InChI is InChI=1S/C20H21FN4O3S/c1-24(2)10-9-22-19(27)17-8-7-14(28-17)13-25-11-12-29-20(25)23-18(26)15-5-3-4-6-16(15)21/h3-8,11-12H,9-10,13H2,1-2H3,(H,22,27). The first-order valence-electron chi connectivity index (χ1n) is 8.93. The van der Waals surface area contributed by atoms with Crippen LogP contribution in [0.25, 0.3) is 0 Å². The van der Waals surface area contributed by atoms with Crippen molar-refractivity contribution >= 4 is 23.2 Å². The Morgan fingerprint density at radius 2 is 2.03 bits per heavy atom. The van der Waals surface area contributed by atoms with Crippen molar-refractivity contribution in [1.29, 1.82) is 0 Å². The molecule has 1 N–H and O–H groups in total. The third-order valence-corrected chi connectivity index (χ3v) is 4.81. The number of carbonyl (C=O) groups is 2. The molecule has 2 heterocycles. The number of hydrogen-bond acceptors (Lipinski definition) is 5. The number of furan rings is 1. The van der Waals surface area contributed by atoms with Crippen molar-refractivity contribution in [3.8, 4) is 0 Å². The predicted octanol–water partition coefficient (Wildman–Crippen LogP) is 2.36. The van der Waals surface area contributed by atoms with Crippen LogP contribution in [-0.4, -0.2) is 48.5 Å². The van der Waals surface area contributed by atoms with Crippen molar-refractivity contribution in [3.63, 3.8) is 0 Å². The van der Waals surface area contributed by atoms with Crippen molar-refractivity contribution in [1.82, 2.24) is 14.8 Å². The van der Waals surface area contributed by atoms with Crippen LogP contribution in [0.15, 0.2) is 57.4 Å². The van der Waals surface area contributed by atoms with Crippen molar-refractivity contribution in [3.05, 3.63) is 75.7 Å². The van der Waals surface area contributed by atoms with Crippen LogP contribution in [0.5, 0.6) is 0 Å². The topological polar surface area (TPSA) is 79.8 Å². The van der Waals surface area contributed by atoms with Gasteiger partial charge in [0.25, 0.3) is 11.8 Å². The zero-order chi connectivity index (χ0) is 20.8. The molecular weight excluding hydrogens is 395 g/mol. The Hall–Kier alpha value is -3.04. The van der Waals surface area contributed by atoms with Crippen molar-refractivity contribution in [2.45, 2.75) is 6.54 Å². The average Bonchev–Trinajstić information content (AvgIpc) is 3.32. The van der Waals surface area contributed by atoms with Gasteiger partial charge in [0.15, 0.2) is 10.6 Å². The Labute approximate surface area is 171 Å². The summed E-state index contributed by atoms with van der Waals surface area (Å²) < 4.78 is 21.1. The van der Waals surface area contributed by atoms with Gasteiger partial charge in [-0.2, -0.15) is 4.99 Å². The maximum absolute atomic E-state index is 13.8. The molecule has 3 aromatic rings. The van der Waals surface area contributed by atoms with E-state index >= 15 is 0 Å². The Morgan fingerprint density at radius 1 is 1.24 bits per heavy atom. The lowest BCUT2D eigenvalue weighted by atomic mass is 10.2. The number of benzene rings is 1. The molecule has 0 fully saturated rings. The zero-order valence-corrected chi connectivity index (χ0v) is 16.9. The zero-order valence-electron chi connectivity index (χ0n) is 16.1. The molecule has 0 aliphatic rings. The number of likely N-dealkylation sites (N-methyl/N-ethyl adjacent to an activating group) is 1. The maximum Gasteiger partial charge on any atom is 0.287 e. The van der Waals surface area contributed by atoms with Gasteiger partial charge < -0.3 is 19.2 Å². The second-order valence-corrected chi connectivity index (χ2v) is 7.41. The molecule has 2 amide bonds. The molecule has 0 aliphatic carbocycles. The lowest BCUT2D eigenvalue weighted by molar-refractivity contribution is 0.0920. The molecule has 0 spiro atoms. The summed E-state index contributed by atoms with van der Waals surface area (Å²) in [5.41, 5.74) is -0.0814. The molecule has 7 nitrogen and oxygen atoms in total. The highest BCUT2D eigenvalue weighted by Crippen LogP contribution is 2.10. The Balaban J connectivity index is 1.71. The van der Waals surface area contributed by atoms with Crippen LogP contribution in [0, 0.1) is 5.82 Å². The first-order valence-corrected chi connectivity index (χ1v) is 9.81. The van der Waals surface area contributed by atoms with Crippen molar-refractivity contribution in [2.24, 2.45) is 4.99 Å². The van der Waals surface area contributed by atoms with Gasteiger partial charge >= 0.3 is 0 Å². The molecule has 0 radical (unpaired) electrons. The molecule has 0 aliphatic heterocycles. The predicted molar refractivity (Wildman–Crippen MR) is 107 cm³/mol. The van der Waals surface area contributed by atoms with Gasteiger partial charge in [-0.3, -0.25) is 9.59 Å². The molecular formula is C20H21FN4O3S. The number of rotatable bonds is 7. The van der Waals surface area contributed by atoms with E-state index < -0.39 is 11.7 Å². The van der Waals surface area contributed by atoms with Crippen LogP contribution >= 0.6 is 11.3 Å². The minimum absolute atomic E-state index is 0.0814. The fourth-order valence-corrected chi connectivity index (χ4v) is 3.25. The van der Waals surface area contributed by atoms with Crippen LogP contribution in [0.4, 0.5) is 4.39 Å². The lowest BCUT2D eigenvalue weighted by Gasteiger charge is -2.09. The van der Waals surface area contributed by atoms with Crippen LogP contribution in [0.2, 0.25) is 0 Å². The summed E-state index contributed by atoms with van der Waals surface area (Å²) in [5.74, 6) is -0.787. The van der Waals surface area contributed by atoms with Gasteiger partial charge in [-0.25, -0.2) is 4.39 Å². The Kier molecular flexibility index (Phi) is 6.73. The second kappa shape index (κ2) is 9.44. The summed E-state index contributed by atoms with van der Waals surface area (Å²) in [5, 5.41) is 4.55. The van der Waals surface area contributed by atoms with Gasteiger partial charge in [0.05, 0.1) is 12.1 Å². The van der Waals surface area contributed by atoms with E-state index in [1.54, 1.807) is 34.3 Å². The van der Waals surface area contributed by atoms with E-state index in [0.29, 0.717) is 17.1 Å². The molecule has 0 saturated heterocycles. The first-order chi connectivity index (χ1) is 13.9. The van der Waals surface area contributed by atoms with Gasteiger partial charge in [-0.1, -0.05) is 12.1 Å². The highest BCUT2D eigenvalue weighted by molar-refractivity contribution is 7.07. The van der Waals surface area contributed by atoms with E-state index in [0.717, 1.165) is 6.54 Å². The summed E-state index contributed by atoms with van der Waals surface area (Å²) >= 11 is 1.25. The quantitative estimate of drug-likeness (QED) is 0.641. The Morgan fingerprint density at radius 3 is 2.79 bits per heavy atom. The van der Waals surface area contributed by atoms with E-state index in [2.05, 4.69) is 10.3 Å². The number of halogens is 1. The SMILES string of the molecule is CN(C)CCNC(=O)c1ccc(Cn2ccsc2=NC(=O)c2ccccc2F)o1. The number of carbonyl (C=O) groups excluding carboxylic acids is 2. The normalized spacial score (nSPS) is 11.8. The number of amides is 2. The number of nitrogens with one attached hydrogen (secondary N) is 1. The molecule has 2 aromatic heterocycles. The van der Waals surface area contributed by atoms with Gasteiger partial charge in [-0.15, -0.1) is 11.3 Å². The van der Waals surface area contributed by atoms with E-state index in [4.69, 9.17) is 4.42 Å². The van der Waals surface area contributed by atoms with Gasteiger partial charge in [0.1, 0.15) is 11.6 Å². The van der Waals surface area contributed by atoms with Crippen LogP contribution < -0.4 is 10.1 Å². The van der Waals surface area contributed by atoms with Crippen LogP contribution in [0.1, 0.15) is 26.7 Å². The number of nitrogens with zero attached hydrogens (tertiary/aromatic N) is 3. The second-order valence-electron chi connectivity index (χ2n) is 6.54. The monoisotopic (exact) mass is 416 g/mol. The largest absolute Gasteiger partial charge is 0.454 e. The number of thiazole rings is 1. The molecule has 1 aromatic carbocycles. The fourth-order valence-electron chi connectivity index (χ4n) is 2.52. The molecule has 29 heavy (non-hydrogen) atoms. The smallest absolute Gasteiger partial charge is 0.287 e. The molecule has 3 rings (SSSR count). The summed E-state index contributed by atoms with van der Waals surface area (Å²) in [6.45, 7) is 1.53. The van der Waals surface area contributed by atoms with Gasteiger partial charge in [0.2, 0.25) is 0 Å². The summed E-state index contributed by atoms with van der Waals surface area (Å²) in [6.07, 6.45) is 1.75. The van der Waals surface area contributed by atoms with Crippen LogP contribution in [-0.2, 0) is 6.54 Å². The minimum Gasteiger partial charge on any atom is -0.454 e.